The molecule has 0 atom stereocenters. The summed E-state index contributed by atoms with van der Waals surface area (Å²) in [6.45, 7) is 5.94. The molecule has 4 heteroatoms. The van der Waals surface area contributed by atoms with Crippen molar-refractivity contribution in [3.05, 3.63) is 42.0 Å². The average Bonchev–Trinajstić information content (AvgIpc) is 2.35. The summed E-state index contributed by atoms with van der Waals surface area (Å²) in [6.07, 6.45) is 0.0449. The van der Waals surface area contributed by atoms with Crippen LogP contribution in [0, 0.1) is 6.92 Å². The van der Waals surface area contributed by atoms with Crippen LogP contribution in [0.2, 0.25) is 0 Å². The lowest BCUT2D eigenvalue weighted by molar-refractivity contribution is 0.234. The molecule has 19 heavy (non-hydrogen) atoms. The summed E-state index contributed by atoms with van der Waals surface area (Å²) in [4.78, 5) is 4.39. The lowest BCUT2D eigenvalue weighted by Gasteiger charge is -2.13. The van der Waals surface area contributed by atoms with E-state index in [4.69, 9.17) is 10.5 Å². The van der Waals surface area contributed by atoms with E-state index in [1.807, 2.05) is 51.1 Å². The van der Waals surface area contributed by atoms with Crippen LogP contribution < -0.4 is 15.8 Å². The van der Waals surface area contributed by atoms with E-state index >= 15 is 0 Å². The Hall–Kier alpha value is -2.23. The zero-order valence-electron chi connectivity index (χ0n) is 11.5. The molecule has 4 nitrogen and oxygen atoms in total. The summed E-state index contributed by atoms with van der Waals surface area (Å²) < 4.78 is 5.58. The van der Waals surface area contributed by atoms with Gasteiger partial charge in [0.25, 0.3) is 0 Å². The van der Waals surface area contributed by atoms with E-state index in [1.165, 1.54) is 0 Å². The predicted molar refractivity (Wildman–Crippen MR) is 78.9 cm³/mol. The van der Waals surface area contributed by atoms with Gasteiger partial charge in [-0.05, 0) is 44.5 Å². The molecule has 0 saturated heterocycles. The monoisotopic (exact) mass is 257 g/mol. The maximum absolute atomic E-state index is 5.85. The number of rotatable bonds is 4. The molecule has 1 aromatic carbocycles. The van der Waals surface area contributed by atoms with Crippen molar-refractivity contribution in [2.75, 3.05) is 11.1 Å². The zero-order chi connectivity index (χ0) is 13.8. The van der Waals surface area contributed by atoms with Crippen LogP contribution in [0.25, 0.3) is 0 Å². The molecule has 0 bridgehead atoms. The number of anilines is 3. The molecule has 2 rings (SSSR count). The number of pyridine rings is 1. The fraction of sp³-hybridized carbons (Fsp3) is 0.267. The third-order valence-corrected chi connectivity index (χ3v) is 2.64. The third-order valence-electron chi connectivity index (χ3n) is 2.64. The number of benzene rings is 1. The van der Waals surface area contributed by atoms with Gasteiger partial charge in [0, 0.05) is 5.69 Å². The fourth-order valence-electron chi connectivity index (χ4n) is 1.69. The molecule has 0 aliphatic rings. The van der Waals surface area contributed by atoms with E-state index in [2.05, 4.69) is 10.3 Å². The molecule has 0 unspecified atom stereocenters. The normalized spacial score (nSPS) is 10.5. The van der Waals surface area contributed by atoms with Crippen molar-refractivity contribution < 1.29 is 4.74 Å². The molecule has 1 heterocycles. The summed E-state index contributed by atoms with van der Waals surface area (Å²) in [5.41, 5.74) is 8.57. The highest BCUT2D eigenvalue weighted by atomic mass is 16.5. The van der Waals surface area contributed by atoms with Crippen molar-refractivity contribution >= 4 is 17.2 Å². The maximum atomic E-state index is 5.85. The van der Waals surface area contributed by atoms with Crippen LogP contribution >= 0.6 is 0 Å². The van der Waals surface area contributed by atoms with Gasteiger partial charge in [-0.1, -0.05) is 18.2 Å². The van der Waals surface area contributed by atoms with E-state index in [-0.39, 0.29) is 6.10 Å². The lowest BCUT2D eigenvalue weighted by Crippen LogP contribution is -2.09. The Morgan fingerprint density at radius 3 is 2.58 bits per heavy atom. The van der Waals surface area contributed by atoms with Crippen molar-refractivity contribution in [2.45, 2.75) is 26.9 Å². The van der Waals surface area contributed by atoms with Crippen LogP contribution in [-0.2, 0) is 0 Å². The number of nitrogens with two attached hydrogens (primary N) is 1. The first-order chi connectivity index (χ1) is 9.06. The minimum atomic E-state index is 0.0449. The van der Waals surface area contributed by atoms with Gasteiger partial charge in [-0.3, -0.25) is 0 Å². The number of nitrogens with one attached hydrogen (secondary N) is 1. The van der Waals surface area contributed by atoms with E-state index in [1.54, 1.807) is 6.07 Å². The maximum Gasteiger partial charge on any atom is 0.239 e. The quantitative estimate of drug-likeness (QED) is 0.880. The molecular weight excluding hydrogens is 238 g/mol. The van der Waals surface area contributed by atoms with Crippen molar-refractivity contribution in [1.29, 1.82) is 0 Å². The summed E-state index contributed by atoms with van der Waals surface area (Å²) >= 11 is 0. The van der Waals surface area contributed by atoms with Crippen molar-refractivity contribution in [2.24, 2.45) is 0 Å². The zero-order valence-corrected chi connectivity index (χ0v) is 11.5. The number of aryl methyl sites for hydroxylation is 1. The first-order valence-electron chi connectivity index (χ1n) is 6.32. The first kappa shape index (κ1) is 13.2. The van der Waals surface area contributed by atoms with Crippen molar-refractivity contribution in [3.63, 3.8) is 0 Å². The number of hydrogen-bond acceptors (Lipinski definition) is 4. The van der Waals surface area contributed by atoms with E-state index < -0.39 is 0 Å². The molecular formula is C15H19N3O. The Labute approximate surface area is 113 Å². The highest BCUT2D eigenvalue weighted by molar-refractivity contribution is 5.63. The Balaban J connectivity index is 2.24. The van der Waals surface area contributed by atoms with Gasteiger partial charge in [-0.15, -0.1) is 0 Å². The Kier molecular flexibility index (Phi) is 3.90. The summed E-state index contributed by atoms with van der Waals surface area (Å²) in [6, 6.07) is 11.7. The van der Waals surface area contributed by atoms with E-state index in [0.717, 1.165) is 17.1 Å². The largest absolute Gasteiger partial charge is 0.473 e. The molecule has 0 aliphatic carbocycles. The number of hydrogen-bond donors (Lipinski definition) is 2. The van der Waals surface area contributed by atoms with E-state index in [0.29, 0.717) is 11.6 Å². The predicted octanol–water partition coefficient (Wildman–Crippen LogP) is 3.50. The molecule has 0 radical (unpaired) electrons. The second-order valence-electron chi connectivity index (χ2n) is 4.70. The summed E-state index contributed by atoms with van der Waals surface area (Å²) in [5.74, 6) is 1.19. The van der Waals surface area contributed by atoms with Gasteiger partial charge in [-0.25, -0.2) is 0 Å². The van der Waals surface area contributed by atoms with Crippen molar-refractivity contribution in [1.82, 2.24) is 4.98 Å². The molecule has 0 amide bonds. The van der Waals surface area contributed by atoms with Crippen molar-refractivity contribution in [3.8, 4) is 5.88 Å². The second kappa shape index (κ2) is 5.61. The number of nitrogen functional groups attached to an aromatic ring is 1. The average molecular weight is 257 g/mol. The topological polar surface area (TPSA) is 60.2 Å². The number of para-hydroxylation sites is 1. The summed E-state index contributed by atoms with van der Waals surface area (Å²) in [5, 5.41) is 3.27. The molecule has 1 aromatic heterocycles. The van der Waals surface area contributed by atoms with Gasteiger partial charge >= 0.3 is 0 Å². The van der Waals surface area contributed by atoms with Gasteiger partial charge in [0.15, 0.2) is 0 Å². The Morgan fingerprint density at radius 1 is 1.16 bits per heavy atom. The lowest BCUT2D eigenvalue weighted by atomic mass is 10.2. The number of ether oxygens (including phenoxy) is 1. The standard InChI is InChI=1S/C15H19N3O/c1-10(2)19-15-12(16)8-9-14(18-15)17-13-7-5-4-6-11(13)3/h4-10H,16H2,1-3H3,(H,17,18). The molecule has 100 valence electrons. The summed E-state index contributed by atoms with van der Waals surface area (Å²) in [7, 11) is 0. The fourth-order valence-corrected chi connectivity index (χ4v) is 1.69. The highest BCUT2D eigenvalue weighted by Gasteiger charge is 2.07. The van der Waals surface area contributed by atoms with Gasteiger partial charge in [0.05, 0.1) is 11.8 Å². The van der Waals surface area contributed by atoms with Crippen LogP contribution in [0.15, 0.2) is 36.4 Å². The van der Waals surface area contributed by atoms with Gasteiger partial charge in [0.1, 0.15) is 5.82 Å². The number of nitrogens with zero attached hydrogens (tertiary/aromatic N) is 1. The van der Waals surface area contributed by atoms with Gasteiger partial charge < -0.3 is 15.8 Å². The first-order valence-corrected chi connectivity index (χ1v) is 6.32. The minimum Gasteiger partial charge on any atom is -0.473 e. The highest BCUT2D eigenvalue weighted by Crippen LogP contribution is 2.25. The molecule has 0 fully saturated rings. The smallest absolute Gasteiger partial charge is 0.239 e. The number of aromatic nitrogens is 1. The SMILES string of the molecule is Cc1ccccc1Nc1ccc(N)c(OC(C)C)n1. The molecule has 0 aliphatic heterocycles. The Bertz CT molecular complexity index is 567. The minimum absolute atomic E-state index is 0.0449. The van der Waals surface area contributed by atoms with Crippen LogP contribution in [0.3, 0.4) is 0 Å². The molecule has 2 aromatic rings. The van der Waals surface area contributed by atoms with Gasteiger partial charge in [-0.2, -0.15) is 4.98 Å². The molecule has 0 saturated carbocycles. The van der Waals surface area contributed by atoms with Crippen LogP contribution in [0.4, 0.5) is 17.2 Å². The van der Waals surface area contributed by atoms with Crippen LogP contribution in [-0.4, -0.2) is 11.1 Å². The van der Waals surface area contributed by atoms with Crippen LogP contribution in [0.1, 0.15) is 19.4 Å². The third kappa shape index (κ3) is 3.37. The van der Waals surface area contributed by atoms with Crippen LogP contribution in [0.5, 0.6) is 5.88 Å². The van der Waals surface area contributed by atoms with Gasteiger partial charge in [0.2, 0.25) is 5.88 Å². The van der Waals surface area contributed by atoms with E-state index in [9.17, 15) is 0 Å². The Morgan fingerprint density at radius 2 is 1.89 bits per heavy atom. The second-order valence-corrected chi connectivity index (χ2v) is 4.70. The molecule has 0 spiro atoms. The molecule has 3 N–H and O–H groups in total.